The molecule has 0 aliphatic carbocycles. The first kappa shape index (κ1) is 25.5. The minimum absolute atomic E-state index is 0.0601. The van der Waals surface area contributed by atoms with Gasteiger partial charge in [0, 0.05) is 17.7 Å². The number of amides is 1. The summed E-state index contributed by atoms with van der Waals surface area (Å²) < 4.78 is 83.5. The van der Waals surface area contributed by atoms with Crippen molar-refractivity contribution in [1.82, 2.24) is 9.97 Å². The topological polar surface area (TPSA) is 121 Å². The molecule has 0 unspecified atom stereocenters. The van der Waals surface area contributed by atoms with Crippen LogP contribution < -0.4 is 15.8 Å². The zero-order valence-electron chi connectivity index (χ0n) is 18.7. The number of ether oxygens (including phenoxy) is 3. The fourth-order valence-electron chi connectivity index (χ4n) is 4.52. The van der Waals surface area contributed by atoms with Crippen molar-refractivity contribution in [3.63, 3.8) is 0 Å². The Balaban J connectivity index is 1.66. The predicted molar refractivity (Wildman–Crippen MR) is 116 cm³/mol. The van der Waals surface area contributed by atoms with Crippen LogP contribution in [0.25, 0.3) is 0 Å². The van der Waals surface area contributed by atoms with E-state index in [0.717, 1.165) is 18.5 Å². The van der Waals surface area contributed by atoms with E-state index in [-0.39, 0.29) is 35.9 Å². The molecule has 0 spiro atoms. The molecule has 0 radical (unpaired) electrons. The molecule has 2 aromatic rings. The monoisotopic (exact) mass is 515 g/mol. The number of carbonyl (C=O) groups excluding carboxylic acids is 1. The summed E-state index contributed by atoms with van der Waals surface area (Å²) in [5, 5.41) is 2.49. The third-order valence-corrected chi connectivity index (χ3v) is 6.04. The first-order valence-corrected chi connectivity index (χ1v) is 10.9. The van der Waals surface area contributed by atoms with Gasteiger partial charge < -0.3 is 25.3 Å². The SMILES string of the molecule is NC1=N[C@](CF)(c2cc(NC(=O)c3cnc(OCF)cn3)ccc2F)[C@H]2[C@H](CCC(F)F)OC[C@H]2O1. The van der Waals surface area contributed by atoms with Gasteiger partial charge in [-0.15, -0.1) is 0 Å². The van der Waals surface area contributed by atoms with E-state index in [1.54, 1.807) is 0 Å². The van der Waals surface area contributed by atoms with E-state index >= 15 is 4.39 Å². The van der Waals surface area contributed by atoms with Crippen LogP contribution >= 0.6 is 0 Å². The number of alkyl halides is 4. The molecule has 4 atom stereocenters. The van der Waals surface area contributed by atoms with E-state index in [4.69, 9.17) is 15.2 Å². The summed E-state index contributed by atoms with van der Waals surface area (Å²) in [6.07, 6.45) is -2.88. The molecule has 1 fully saturated rings. The largest absolute Gasteiger partial charge is 0.459 e. The maximum Gasteiger partial charge on any atom is 0.283 e. The van der Waals surface area contributed by atoms with Crippen molar-refractivity contribution in [2.24, 2.45) is 16.6 Å². The second kappa shape index (κ2) is 10.6. The standard InChI is InChI=1S/C22H22F5N5O4/c23-9-22(19-15(3-4-17(26)27)34-8-16(19)36-21(28)32-22)12-5-11(1-2-13(12)25)31-20(33)14-6-30-18(7-29-14)35-10-24/h1-2,5-7,15-17,19H,3-4,8-10H2,(H2,28,32)(H,31,33)/t15-,16+,19-,22+/m0/s1. The second-order valence-electron chi connectivity index (χ2n) is 8.17. The molecule has 1 aromatic heterocycles. The summed E-state index contributed by atoms with van der Waals surface area (Å²) in [5.74, 6) is -2.68. The highest BCUT2D eigenvalue weighted by molar-refractivity contribution is 6.02. The molecule has 2 aliphatic heterocycles. The van der Waals surface area contributed by atoms with Gasteiger partial charge in [0.05, 0.1) is 31.0 Å². The Morgan fingerprint density at radius 1 is 1.28 bits per heavy atom. The molecule has 1 saturated heterocycles. The summed E-state index contributed by atoms with van der Waals surface area (Å²) in [6.45, 7) is -2.42. The van der Waals surface area contributed by atoms with E-state index in [2.05, 4.69) is 25.0 Å². The molecule has 4 rings (SSSR count). The quantitative estimate of drug-likeness (QED) is 0.493. The number of amidine groups is 1. The molecule has 1 aromatic carbocycles. The summed E-state index contributed by atoms with van der Waals surface area (Å²) in [7, 11) is 0. The zero-order chi connectivity index (χ0) is 25.9. The average molecular weight is 515 g/mol. The van der Waals surface area contributed by atoms with Gasteiger partial charge in [0.15, 0.2) is 0 Å². The lowest BCUT2D eigenvalue weighted by atomic mass is 9.72. The fraction of sp³-hybridized carbons (Fsp3) is 0.455. The van der Waals surface area contributed by atoms with E-state index in [9.17, 15) is 22.4 Å². The second-order valence-corrected chi connectivity index (χ2v) is 8.17. The van der Waals surface area contributed by atoms with Crippen LogP contribution in [-0.4, -0.2) is 60.7 Å². The van der Waals surface area contributed by atoms with Gasteiger partial charge in [-0.25, -0.2) is 36.9 Å². The number of nitrogens with zero attached hydrogens (tertiary/aromatic N) is 3. The number of rotatable bonds is 9. The number of carbonyl (C=O) groups is 1. The van der Waals surface area contributed by atoms with Crippen LogP contribution in [0.15, 0.2) is 35.6 Å². The van der Waals surface area contributed by atoms with Crippen molar-refractivity contribution in [3.05, 3.63) is 47.7 Å². The third-order valence-electron chi connectivity index (χ3n) is 6.04. The zero-order valence-corrected chi connectivity index (χ0v) is 18.7. The molecule has 0 saturated carbocycles. The number of halogens is 5. The smallest absolute Gasteiger partial charge is 0.283 e. The number of hydrogen-bond donors (Lipinski definition) is 2. The Morgan fingerprint density at radius 2 is 2.08 bits per heavy atom. The minimum Gasteiger partial charge on any atom is -0.459 e. The van der Waals surface area contributed by atoms with Crippen LogP contribution in [0, 0.1) is 11.7 Å². The Bertz CT molecular complexity index is 1120. The van der Waals surface area contributed by atoms with Gasteiger partial charge in [0.1, 0.15) is 29.8 Å². The van der Waals surface area contributed by atoms with Gasteiger partial charge in [-0.05, 0) is 24.6 Å². The molecule has 194 valence electrons. The van der Waals surface area contributed by atoms with Crippen LogP contribution in [-0.2, 0) is 15.0 Å². The molecular formula is C22H22F5N5O4. The summed E-state index contributed by atoms with van der Waals surface area (Å²) in [6, 6.07) is 3.03. The highest BCUT2D eigenvalue weighted by Gasteiger charge is 2.57. The molecule has 3 heterocycles. The van der Waals surface area contributed by atoms with E-state index < -0.39 is 67.8 Å². The molecule has 36 heavy (non-hydrogen) atoms. The number of fused-ring (bicyclic) bond motifs is 1. The Morgan fingerprint density at radius 3 is 2.75 bits per heavy atom. The Hall–Kier alpha value is -3.55. The molecule has 1 amide bonds. The first-order chi connectivity index (χ1) is 17.3. The third kappa shape index (κ3) is 5.03. The van der Waals surface area contributed by atoms with E-state index in [1.807, 2.05) is 0 Å². The van der Waals surface area contributed by atoms with Crippen molar-refractivity contribution >= 4 is 17.6 Å². The van der Waals surface area contributed by atoms with Crippen molar-refractivity contribution < 1.29 is 41.0 Å². The number of aliphatic imine (C=N–C) groups is 1. The van der Waals surface area contributed by atoms with Gasteiger partial charge in [0.2, 0.25) is 19.2 Å². The number of anilines is 1. The molecule has 0 bridgehead atoms. The number of nitrogens with one attached hydrogen (secondary N) is 1. The fourth-order valence-corrected chi connectivity index (χ4v) is 4.52. The highest BCUT2D eigenvalue weighted by atomic mass is 19.3. The molecule has 3 N–H and O–H groups in total. The van der Waals surface area contributed by atoms with Gasteiger partial charge in [-0.2, -0.15) is 0 Å². The lowest BCUT2D eigenvalue weighted by Gasteiger charge is -2.41. The van der Waals surface area contributed by atoms with Gasteiger partial charge in [0.25, 0.3) is 11.9 Å². The van der Waals surface area contributed by atoms with Crippen molar-refractivity contribution in [1.29, 1.82) is 0 Å². The minimum atomic E-state index is -2.61. The number of nitrogens with two attached hydrogens (primary N) is 1. The van der Waals surface area contributed by atoms with Crippen LogP contribution in [0.3, 0.4) is 0 Å². The van der Waals surface area contributed by atoms with Gasteiger partial charge >= 0.3 is 0 Å². The van der Waals surface area contributed by atoms with Crippen LogP contribution in [0.1, 0.15) is 28.9 Å². The molecular weight excluding hydrogens is 493 g/mol. The normalized spacial score (nSPS) is 25.2. The molecule has 9 nitrogen and oxygen atoms in total. The highest BCUT2D eigenvalue weighted by Crippen LogP contribution is 2.48. The average Bonchev–Trinajstić information content (AvgIpc) is 3.27. The number of hydrogen-bond acceptors (Lipinski definition) is 8. The van der Waals surface area contributed by atoms with E-state index in [1.165, 1.54) is 12.1 Å². The van der Waals surface area contributed by atoms with Gasteiger partial charge in [-0.1, -0.05) is 0 Å². The van der Waals surface area contributed by atoms with Crippen LogP contribution in [0.2, 0.25) is 0 Å². The van der Waals surface area contributed by atoms with Crippen molar-refractivity contribution in [2.75, 3.05) is 25.5 Å². The number of benzene rings is 1. The lowest BCUT2D eigenvalue weighted by molar-refractivity contribution is 0.0198. The molecule has 2 aliphatic rings. The van der Waals surface area contributed by atoms with E-state index in [0.29, 0.717) is 0 Å². The van der Waals surface area contributed by atoms with Crippen molar-refractivity contribution in [3.8, 4) is 5.88 Å². The van der Waals surface area contributed by atoms with Crippen LogP contribution in [0.4, 0.5) is 27.6 Å². The van der Waals surface area contributed by atoms with Crippen LogP contribution in [0.5, 0.6) is 5.88 Å². The summed E-state index contributed by atoms with van der Waals surface area (Å²) in [4.78, 5) is 24.2. The summed E-state index contributed by atoms with van der Waals surface area (Å²) in [5.41, 5.74) is 3.49. The maximum atomic E-state index is 15.1. The number of aromatic nitrogens is 2. The Labute approximate surface area is 201 Å². The van der Waals surface area contributed by atoms with Crippen molar-refractivity contribution in [2.45, 2.75) is 37.0 Å². The van der Waals surface area contributed by atoms with Gasteiger partial charge in [-0.3, -0.25) is 4.79 Å². The molecule has 14 heteroatoms. The maximum absolute atomic E-state index is 15.1. The first-order valence-electron chi connectivity index (χ1n) is 10.9. The Kier molecular flexibility index (Phi) is 7.52. The lowest BCUT2D eigenvalue weighted by Crippen LogP contribution is -2.52. The summed E-state index contributed by atoms with van der Waals surface area (Å²) >= 11 is 0. The predicted octanol–water partition coefficient (Wildman–Crippen LogP) is 3.11.